The summed E-state index contributed by atoms with van der Waals surface area (Å²) in [6.45, 7) is 0.668. The van der Waals surface area contributed by atoms with E-state index in [0.29, 0.717) is 11.6 Å². The summed E-state index contributed by atoms with van der Waals surface area (Å²) >= 11 is 5.98. The zero-order chi connectivity index (χ0) is 18.0. The molecule has 1 saturated heterocycles. The van der Waals surface area contributed by atoms with Crippen molar-refractivity contribution in [2.45, 2.75) is 11.3 Å². The van der Waals surface area contributed by atoms with E-state index >= 15 is 0 Å². The third kappa shape index (κ3) is 4.11. The number of amides is 1. The second kappa shape index (κ2) is 7.02. The summed E-state index contributed by atoms with van der Waals surface area (Å²) in [5.74, 6) is -0.181. The smallest absolute Gasteiger partial charge is 0.227 e. The van der Waals surface area contributed by atoms with Crippen LogP contribution < -0.4 is 5.32 Å². The van der Waals surface area contributed by atoms with E-state index in [1.807, 2.05) is 18.2 Å². The predicted molar refractivity (Wildman–Crippen MR) is 99.2 cm³/mol. The molecule has 2 aromatic rings. The number of nitrogens with one attached hydrogen (secondary N) is 1. The van der Waals surface area contributed by atoms with Gasteiger partial charge in [-0.3, -0.25) is 4.79 Å². The molecule has 3 rings (SSSR count). The first-order valence-corrected chi connectivity index (χ1v) is 10.2. The highest BCUT2D eigenvalue weighted by molar-refractivity contribution is 7.90. The lowest BCUT2D eigenvalue weighted by Crippen LogP contribution is -2.18. The van der Waals surface area contributed by atoms with E-state index in [1.54, 1.807) is 36.4 Å². The molecule has 0 aliphatic carbocycles. The molecule has 0 radical (unpaired) electrons. The number of carbonyl (C=O) groups is 1. The Bertz CT molecular complexity index is 916. The van der Waals surface area contributed by atoms with E-state index in [-0.39, 0.29) is 16.7 Å². The first-order chi connectivity index (χ1) is 11.8. The van der Waals surface area contributed by atoms with Crippen molar-refractivity contribution in [3.63, 3.8) is 0 Å². The van der Waals surface area contributed by atoms with Crippen molar-refractivity contribution < 1.29 is 13.2 Å². The predicted octanol–water partition coefficient (Wildman–Crippen LogP) is 3.31. The van der Waals surface area contributed by atoms with Gasteiger partial charge in [-0.2, -0.15) is 0 Å². The van der Waals surface area contributed by atoms with Gasteiger partial charge in [0, 0.05) is 17.8 Å². The lowest BCUT2D eigenvalue weighted by atomic mass is 9.93. The fourth-order valence-electron chi connectivity index (χ4n) is 2.84. The number of rotatable bonds is 4. The third-order valence-electron chi connectivity index (χ3n) is 4.21. The van der Waals surface area contributed by atoms with Crippen LogP contribution in [0, 0.1) is 5.92 Å². The summed E-state index contributed by atoms with van der Waals surface area (Å²) in [5, 5.41) is 3.47. The maximum Gasteiger partial charge on any atom is 0.227 e. The van der Waals surface area contributed by atoms with Crippen LogP contribution in [0.15, 0.2) is 59.5 Å². The van der Waals surface area contributed by atoms with E-state index in [1.165, 1.54) is 6.26 Å². The van der Waals surface area contributed by atoms with Gasteiger partial charge >= 0.3 is 0 Å². The summed E-state index contributed by atoms with van der Waals surface area (Å²) in [6, 6.07) is 14.1. The summed E-state index contributed by atoms with van der Waals surface area (Å²) in [7, 11) is -3.25. The monoisotopic (exact) mass is 375 g/mol. The summed E-state index contributed by atoms with van der Waals surface area (Å²) in [5.41, 5.74) is 2.67. The summed E-state index contributed by atoms with van der Waals surface area (Å²) < 4.78 is 23.3. The minimum Gasteiger partial charge on any atom is -0.356 e. The number of halogens is 1. The van der Waals surface area contributed by atoms with Crippen LogP contribution in [0.1, 0.15) is 17.5 Å². The molecule has 6 heteroatoms. The quantitative estimate of drug-likeness (QED) is 0.891. The second-order valence-corrected chi connectivity index (χ2v) is 8.52. The summed E-state index contributed by atoms with van der Waals surface area (Å²) in [4.78, 5) is 12.2. The van der Waals surface area contributed by atoms with Crippen LogP contribution in [0.3, 0.4) is 0 Å². The molecule has 0 bridgehead atoms. The number of sulfone groups is 1. The Kier molecular flexibility index (Phi) is 4.97. The lowest BCUT2D eigenvalue weighted by molar-refractivity contribution is -0.121. The van der Waals surface area contributed by atoms with Crippen molar-refractivity contribution in [2.75, 3.05) is 12.8 Å². The Balaban J connectivity index is 2.06. The molecule has 130 valence electrons. The number of carbonyl (C=O) groups excluding carboxylic acids is 1. The molecule has 0 spiro atoms. The molecule has 1 aliphatic heterocycles. The molecular weight excluding hydrogens is 358 g/mol. The lowest BCUT2D eigenvalue weighted by Gasteiger charge is -2.12. The Morgan fingerprint density at radius 3 is 2.12 bits per heavy atom. The van der Waals surface area contributed by atoms with E-state index < -0.39 is 9.84 Å². The van der Waals surface area contributed by atoms with Gasteiger partial charge in [-0.25, -0.2) is 8.42 Å². The maximum absolute atomic E-state index is 12.0. The second-order valence-electron chi connectivity index (χ2n) is 6.07. The summed E-state index contributed by atoms with van der Waals surface area (Å²) in [6.07, 6.45) is 3.87. The molecule has 1 amide bonds. The first-order valence-electron chi connectivity index (χ1n) is 7.90. The highest BCUT2D eigenvalue weighted by Gasteiger charge is 2.23. The highest BCUT2D eigenvalue weighted by atomic mass is 35.5. The first kappa shape index (κ1) is 17.7. The molecule has 1 unspecified atom stereocenters. The van der Waals surface area contributed by atoms with Gasteiger partial charge in [-0.05, 0) is 47.4 Å². The zero-order valence-corrected chi connectivity index (χ0v) is 15.3. The van der Waals surface area contributed by atoms with Crippen LogP contribution in [-0.2, 0) is 14.6 Å². The number of benzene rings is 2. The molecule has 1 N–H and O–H groups in total. The molecule has 2 aromatic carbocycles. The van der Waals surface area contributed by atoms with E-state index in [0.717, 1.165) is 23.1 Å². The Morgan fingerprint density at radius 1 is 1.08 bits per heavy atom. The average molecular weight is 376 g/mol. The zero-order valence-electron chi connectivity index (χ0n) is 13.7. The normalized spacial score (nSPS) is 18.2. The van der Waals surface area contributed by atoms with Crippen molar-refractivity contribution in [1.29, 1.82) is 0 Å². The molecule has 4 nitrogen and oxygen atoms in total. The van der Waals surface area contributed by atoms with Gasteiger partial charge in [0.2, 0.25) is 5.91 Å². The van der Waals surface area contributed by atoms with Gasteiger partial charge in [-0.15, -0.1) is 0 Å². The van der Waals surface area contributed by atoms with Crippen LogP contribution in [0.4, 0.5) is 0 Å². The van der Waals surface area contributed by atoms with Gasteiger partial charge in [0.1, 0.15) is 0 Å². The van der Waals surface area contributed by atoms with Crippen LogP contribution in [-0.4, -0.2) is 27.1 Å². The average Bonchev–Trinajstić information content (AvgIpc) is 2.98. The number of hydrogen-bond acceptors (Lipinski definition) is 3. The fraction of sp³-hybridized carbons (Fsp3) is 0.211. The fourth-order valence-corrected chi connectivity index (χ4v) is 3.60. The molecule has 0 aromatic heterocycles. The van der Waals surface area contributed by atoms with Crippen LogP contribution in [0.25, 0.3) is 5.57 Å². The Morgan fingerprint density at radius 2 is 1.64 bits per heavy atom. The molecule has 1 heterocycles. The van der Waals surface area contributed by atoms with Gasteiger partial charge < -0.3 is 5.32 Å². The minimum absolute atomic E-state index is 0.0132. The number of hydrogen-bond donors (Lipinski definition) is 1. The maximum atomic E-state index is 12.0. The van der Waals surface area contributed by atoms with Gasteiger partial charge in [0.25, 0.3) is 0 Å². The van der Waals surface area contributed by atoms with Gasteiger partial charge in [0.15, 0.2) is 9.84 Å². The molecule has 0 saturated carbocycles. The van der Waals surface area contributed by atoms with Crippen LogP contribution in [0.5, 0.6) is 0 Å². The topological polar surface area (TPSA) is 63.2 Å². The minimum atomic E-state index is -3.25. The van der Waals surface area contributed by atoms with Crippen molar-refractivity contribution in [3.05, 3.63) is 70.8 Å². The van der Waals surface area contributed by atoms with Crippen molar-refractivity contribution in [2.24, 2.45) is 5.92 Å². The van der Waals surface area contributed by atoms with Gasteiger partial charge in [-0.1, -0.05) is 41.9 Å². The molecule has 1 aliphatic rings. The van der Waals surface area contributed by atoms with Gasteiger partial charge in [0.05, 0.1) is 10.8 Å². The van der Waals surface area contributed by atoms with E-state index in [9.17, 15) is 13.2 Å². The molecule has 1 atom stereocenters. The molecular formula is C19H18ClNO3S. The van der Waals surface area contributed by atoms with E-state index in [4.69, 9.17) is 11.6 Å². The highest BCUT2D eigenvalue weighted by Crippen LogP contribution is 2.29. The van der Waals surface area contributed by atoms with Crippen LogP contribution >= 0.6 is 11.6 Å². The Labute approximate surface area is 152 Å². The standard InChI is InChI=1S/C19H18ClNO3S/c1-25(23,24)17-8-4-14(5-9-17)18(12-15-10-11-21-19(15)22)13-2-6-16(20)7-3-13/h2-9,12,15H,10-11H2,1H3,(H,21,22)/b18-12-. The third-order valence-corrected chi connectivity index (χ3v) is 5.59. The van der Waals surface area contributed by atoms with E-state index in [2.05, 4.69) is 5.32 Å². The molecule has 1 fully saturated rings. The van der Waals surface area contributed by atoms with Crippen LogP contribution in [0.2, 0.25) is 5.02 Å². The molecule has 25 heavy (non-hydrogen) atoms. The Hall–Kier alpha value is -2.11. The SMILES string of the molecule is CS(=O)(=O)c1ccc(/C(=C\C2CCNC2=O)c2ccc(Cl)cc2)cc1. The largest absolute Gasteiger partial charge is 0.356 e. The van der Waals surface area contributed by atoms with Crippen molar-refractivity contribution >= 4 is 32.9 Å². The van der Waals surface area contributed by atoms with Crippen molar-refractivity contribution in [3.8, 4) is 0 Å². The van der Waals surface area contributed by atoms with Crippen molar-refractivity contribution in [1.82, 2.24) is 5.32 Å².